The van der Waals surface area contributed by atoms with Gasteiger partial charge in [0, 0.05) is 0 Å². The number of phosphoric ester groups is 1. The Morgan fingerprint density at radius 2 is 1.55 bits per heavy atom. The van der Waals surface area contributed by atoms with Crippen LogP contribution in [0.3, 0.4) is 0 Å². The van der Waals surface area contributed by atoms with Crippen LogP contribution in [-0.4, -0.2) is 11.3 Å². The third-order valence-corrected chi connectivity index (χ3v) is 0.570. The van der Waals surface area contributed by atoms with E-state index in [-0.39, 0.29) is 88.7 Å². The Labute approximate surface area is 129 Å². The Kier molecular flexibility index (Phi) is 22.3. The number of carboxylic acid groups (broad SMARTS) is 1. The minimum Gasteiger partial charge on any atom is -0.780 e. The normalized spacial score (nSPS) is 7.82. The number of hydrogen-bond donors (Lipinski definition) is 1. The molecule has 0 aromatic carbocycles. The zero-order chi connectivity index (χ0) is 6.78. The molecule has 0 aromatic rings. The number of rotatable bonds is 1. The predicted molar refractivity (Wildman–Crippen MR) is 16.7 cm³/mol. The molecule has 0 aliphatic carbocycles. The van der Waals surface area contributed by atoms with Crippen LogP contribution in [0.15, 0.2) is 0 Å². The van der Waals surface area contributed by atoms with Gasteiger partial charge in [-0.25, -0.2) is 4.79 Å². The quantitative estimate of drug-likeness (QED) is 0.339. The molecule has 0 aromatic heterocycles. The molecule has 0 spiro atoms. The van der Waals surface area contributed by atoms with Crippen molar-refractivity contribution in [1.29, 1.82) is 0 Å². The van der Waals surface area contributed by atoms with E-state index in [0.717, 1.165) is 0 Å². The molecular weight excluding hydrogens is 208 g/mol. The molecule has 11 heavy (non-hydrogen) atoms. The van der Waals surface area contributed by atoms with Crippen LogP contribution >= 0.6 is 7.82 Å². The predicted octanol–water partition coefficient (Wildman–Crippen LogP) is -10.5. The van der Waals surface area contributed by atoms with Crippen molar-refractivity contribution in [2.45, 2.75) is 0 Å². The molecule has 1 N–H and O–H groups in total. The van der Waals surface area contributed by atoms with Crippen LogP contribution in [-0.2, 0) is 9.09 Å². The van der Waals surface area contributed by atoms with Crippen molar-refractivity contribution in [1.82, 2.24) is 0 Å². The first-order chi connectivity index (χ1) is 3.42. The Balaban J connectivity index is -0.0000000817. The van der Waals surface area contributed by atoms with Crippen LogP contribution in [0.1, 0.15) is 0 Å². The number of phosphoric acid groups is 1. The fourth-order valence-corrected chi connectivity index (χ4v) is 0.287. The molecule has 0 saturated carbocycles. The molecule has 0 aliphatic rings. The van der Waals surface area contributed by atoms with E-state index in [4.69, 9.17) is 5.11 Å². The molecule has 0 atom stereocenters. The van der Waals surface area contributed by atoms with Gasteiger partial charge < -0.3 is 24.0 Å². The Morgan fingerprint density at radius 1 is 1.27 bits per heavy atom. The van der Waals surface area contributed by atoms with Gasteiger partial charge in [-0.2, -0.15) is 0 Å². The monoisotopic (exact) mass is 209 g/mol. The van der Waals surface area contributed by atoms with Gasteiger partial charge in [0.05, 0.1) is 0 Å². The topological polar surface area (TPSA) is 110 Å². The molecule has 0 unspecified atom stereocenters. The summed E-state index contributed by atoms with van der Waals surface area (Å²) >= 11 is 0. The smallest absolute Gasteiger partial charge is 0.780 e. The zero-order valence-corrected chi connectivity index (χ0v) is 13.3. The van der Waals surface area contributed by atoms with Gasteiger partial charge in [-0.15, -0.1) is 0 Å². The van der Waals surface area contributed by atoms with Crippen LogP contribution in [0, 0.1) is 0 Å². The molecule has 0 saturated heterocycles. The fourth-order valence-electron chi connectivity index (χ4n) is 0.0956. The van der Waals surface area contributed by atoms with E-state index in [2.05, 4.69) is 4.52 Å². The second-order valence-electron chi connectivity index (χ2n) is 0.804. The first-order valence-corrected chi connectivity index (χ1v) is 2.82. The fraction of sp³-hybridized carbons (Fsp3) is 0. The second kappa shape index (κ2) is 10.5. The Hall–Kier alpha value is 2.42. The van der Waals surface area contributed by atoms with Crippen LogP contribution in [0.5, 0.6) is 0 Å². The molecule has 0 heterocycles. The van der Waals surface area contributed by atoms with Crippen molar-refractivity contribution in [3.63, 3.8) is 0 Å². The van der Waals surface area contributed by atoms with Gasteiger partial charge in [-0.1, -0.05) is 0 Å². The first kappa shape index (κ1) is 23.3. The standard InChI is InChI=1S/CH3O6P.3Na/c2-1(3)7-8(4,5)6;;;/h(H,2,3)(H2,4,5,6);;;/q;3*+1/p-2. The number of hydrogen-bond acceptors (Lipinski definition) is 5. The molecular formula is CHNa3O6P+. The summed E-state index contributed by atoms with van der Waals surface area (Å²) in [6.45, 7) is 0. The van der Waals surface area contributed by atoms with Gasteiger partial charge in [-0.05, 0) is 0 Å². The van der Waals surface area contributed by atoms with Gasteiger partial charge in [-0.3, -0.25) is 0 Å². The SMILES string of the molecule is O=C(O)OP(=O)([O-])[O-].[Na+].[Na+].[Na+]. The minimum atomic E-state index is -5.32. The molecule has 0 rings (SSSR count). The second-order valence-corrected chi connectivity index (χ2v) is 1.88. The van der Waals surface area contributed by atoms with Gasteiger partial charge >= 0.3 is 94.8 Å². The van der Waals surface area contributed by atoms with Crippen LogP contribution in [0.2, 0.25) is 0 Å². The first-order valence-electron chi connectivity index (χ1n) is 1.36. The van der Waals surface area contributed by atoms with Crippen molar-refractivity contribution < 1.29 is 117 Å². The summed E-state index contributed by atoms with van der Waals surface area (Å²) < 4.78 is 12.1. The van der Waals surface area contributed by atoms with E-state index in [1.165, 1.54) is 0 Å². The summed E-state index contributed by atoms with van der Waals surface area (Å²) in [7, 11) is -5.32. The number of carbonyl (C=O) groups is 1. The van der Waals surface area contributed by atoms with Crippen molar-refractivity contribution in [3.05, 3.63) is 0 Å². The summed E-state index contributed by atoms with van der Waals surface area (Å²) in [5, 5.41) is 7.45. The van der Waals surface area contributed by atoms with Gasteiger partial charge in [0.1, 0.15) is 7.82 Å². The molecule has 0 fully saturated rings. The largest absolute Gasteiger partial charge is 1.00 e. The van der Waals surface area contributed by atoms with Gasteiger partial charge in [0.25, 0.3) is 0 Å². The summed E-state index contributed by atoms with van der Waals surface area (Å²) in [5.74, 6) is 0. The van der Waals surface area contributed by atoms with E-state index < -0.39 is 14.0 Å². The molecule has 10 heteroatoms. The van der Waals surface area contributed by atoms with Crippen LogP contribution < -0.4 is 98.5 Å². The summed E-state index contributed by atoms with van der Waals surface area (Å²) in [4.78, 5) is 27.8. The maximum atomic E-state index is 9.31. The van der Waals surface area contributed by atoms with Gasteiger partial charge in [0.15, 0.2) is 0 Å². The third kappa shape index (κ3) is 24.5. The zero-order valence-electron chi connectivity index (χ0n) is 6.44. The van der Waals surface area contributed by atoms with Crippen molar-refractivity contribution in [2.75, 3.05) is 0 Å². The molecule has 0 aliphatic heterocycles. The molecule has 6 nitrogen and oxygen atoms in total. The Morgan fingerprint density at radius 3 is 1.55 bits per heavy atom. The van der Waals surface area contributed by atoms with Crippen molar-refractivity contribution in [2.24, 2.45) is 0 Å². The van der Waals surface area contributed by atoms with Crippen molar-refractivity contribution >= 4 is 14.0 Å². The van der Waals surface area contributed by atoms with E-state index in [1.54, 1.807) is 0 Å². The molecule has 0 amide bonds. The van der Waals surface area contributed by atoms with Gasteiger partial charge in [0.2, 0.25) is 0 Å². The van der Waals surface area contributed by atoms with Crippen LogP contribution in [0.4, 0.5) is 4.79 Å². The molecule has 48 valence electrons. The summed E-state index contributed by atoms with van der Waals surface area (Å²) in [6.07, 6.45) is -2.11. The minimum absolute atomic E-state index is 0. The van der Waals surface area contributed by atoms with Crippen LogP contribution in [0.25, 0.3) is 0 Å². The van der Waals surface area contributed by atoms with Crippen molar-refractivity contribution in [3.8, 4) is 0 Å². The van der Waals surface area contributed by atoms with E-state index in [1.807, 2.05) is 0 Å². The maximum Gasteiger partial charge on any atom is 1.00 e. The summed E-state index contributed by atoms with van der Waals surface area (Å²) in [5.41, 5.74) is 0. The Bertz CT molecular complexity index is 141. The molecule has 0 bridgehead atoms. The van der Waals surface area contributed by atoms with E-state index in [0.29, 0.717) is 0 Å². The van der Waals surface area contributed by atoms with E-state index in [9.17, 15) is 19.1 Å². The van der Waals surface area contributed by atoms with E-state index >= 15 is 0 Å². The molecule has 0 radical (unpaired) electrons. The summed E-state index contributed by atoms with van der Waals surface area (Å²) in [6, 6.07) is 0. The average Bonchev–Trinajstić information content (AvgIpc) is 1.21. The third-order valence-electron chi connectivity index (χ3n) is 0.190. The maximum absolute atomic E-state index is 9.31. The average molecular weight is 209 g/mol.